The van der Waals surface area contributed by atoms with Crippen LogP contribution in [-0.2, 0) is 25.5 Å². The van der Waals surface area contributed by atoms with Crippen LogP contribution < -0.4 is 20.7 Å². The number of carbonyl (C=O) groups is 4. The van der Waals surface area contributed by atoms with Crippen LogP contribution in [0.15, 0.2) is 94.8 Å². The first-order valence-electron chi connectivity index (χ1n) is 13.9. The second kappa shape index (κ2) is 16.2. The lowest BCUT2D eigenvalue weighted by Crippen LogP contribution is -2.30. The van der Waals surface area contributed by atoms with Crippen molar-refractivity contribution in [3.63, 3.8) is 0 Å². The van der Waals surface area contributed by atoms with Crippen LogP contribution in [0.1, 0.15) is 35.5 Å². The number of amides is 3. The van der Waals surface area contributed by atoms with Crippen molar-refractivity contribution < 1.29 is 28.7 Å². The number of rotatable bonds is 13. The molecule has 0 fully saturated rings. The molecule has 0 saturated heterocycles. The fourth-order valence-corrected chi connectivity index (χ4v) is 5.56. The Morgan fingerprint density at radius 1 is 0.978 bits per heavy atom. The normalized spacial score (nSPS) is 11.7. The summed E-state index contributed by atoms with van der Waals surface area (Å²) >= 11 is 2.53. The SMILES string of the molecule is CCOC(=O)Cc1csc(NC(=O)C(C)Sc2cccc(NC(=O)/C(=C\c3ccc(OC)cc3)NC(=O)c3ccccc3)c2)n1. The van der Waals surface area contributed by atoms with Crippen molar-refractivity contribution in [2.45, 2.75) is 30.4 Å². The van der Waals surface area contributed by atoms with Crippen LogP contribution in [0.25, 0.3) is 6.08 Å². The minimum Gasteiger partial charge on any atom is -0.497 e. The summed E-state index contributed by atoms with van der Waals surface area (Å²) in [6.07, 6.45) is 1.62. The maximum absolute atomic E-state index is 13.4. The summed E-state index contributed by atoms with van der Waals surface area (Å²) in [5.74, 6) is -0.930. The molecule has 12 heteroatoms. The quantitative estimate of drug-likeness (QED) is 0.0946. The number of thiazole rings is 1. The predicted molar refractivity (Wildman–Crippen MR) is 176 cm³/mol. The number of methoxy groups -OCH3 is 1. The van der Waals surface area contributed by atoms with Gasteiger partial charge in [-0.05, 0) is 68.0 Å². The summed E-state index contributed by atoms with van der Waals surface area (Å²) in [4.78, 5) is 55.9. The van der Waals surface area contributed by atoms with E-state index in [9.17, 15) is 19.2 Å². The van der Waals surface area contributed by atoms with Gasteiger partial charge in [0.05, 0.1) is 31.1 Å². The van der Waals surface area contributed by atoms with Crippen LogP contribution >= 0.6 is 23.1 Å². The molecule has 0 aliphatic carbocycles. The van der Waals surface area contributed by atoms with E-state index < -0.39 is 17.1 Å². The highest BCUT2D eigenvalue weighted by molar-refractivity contribution is 8.00. The summed E-state index contributed by atoms with van der Waals surface area (Å²) in [6, 6.07) is 22.7. The molecule has 3 N–H and O–H groups in total. The fourth-order valence-electron chi connectivity index (χ4n) is 3.92. The third kappa shape index (κ3) is 10.1. The molecule has 0 saturated carbocycles. The number of anilines is 2. The smallest absolute Gasteiger partial charge is 0.311 e. The van der Waals surface area contributed by atoms with Crippen molar-refractivity contribution in [1.29, 1.82) is 0 Å². The lowest BCUT2D eigenvalue weighted by molar-refractivity contribution is -0.142. The van der Waals surface area contributed by atoms with Crippen molar-refractivity contribution in [1.82, 2.24) is 10.3 Å². The van der Waals surface area contributed by atoms with Crippen molar-refractivity contribution in [2.24, 2.45) is 0 Å². The number of esters is 1. The van der Waals surface area contributed by atoms with E-state index in [1.165, 1.54) is 23.1 Å². The Morgan fingerprint density at radius 2 is 1.73 bits per heavy atom. The van der Waals surface area contributed by atoms with Gasteiger partial charge in [0.1, 0.15) is 11.4 Å². The number of thioether (sulfide) groups is 1. The second-order valence-corrected chi connectivity index (χ2v) is 11.8. The molecule has 0 spiro atoms. The van der Waals surface area contributed by atoms with Gasteiger partial charge in [0.25, 0.3) is 11.8 Å². The molecule has 0 bridgehead atoms. The lowest BCUT2D eigenvalue weighted by Gasteiger charge is -2.14. The number of nitrogens with one attached hydrogen (secondary N) is 3. The Bertz CT molecular complexity index is 1670. The van der Waals surface area contributed by atoms with E-state index in [1.54, 1.807) is 105 Å². The van der Waals surface area contributed by atoms with E-state index in [0.29, 0.717) is 40.0 Å². The maximum Gasteiger partial charge on any atom is 0.311 e. The number of benzene rings is 3. The minimum atomic E-state index is -0.523. The monoisotopic (exact) mass is 644 g/mol. The van der Waals surface area contributed by atoms with Crippen LogP contribution in [0.5, 0.6) is 5.75 Å². The summed E-state index contributed by atoms with van der Waals surface area (Å²) < 4.78 is 10.2. The molecule has 4 aromatic rings. The first-order valence-corrected chi connectivity index (χ1v) is 15.7. The molecule has 1 atom stereocenters. The average Bonchev–Trinajstić information content (AvgIpc) is 3.47. The van der Waals surface area contributed by atoms with Gasteiger partial charge in [-0.2, -0.15) is 0 Å². The molecule has 4 rings (SSSR count). The van der Waals surface area contributed by atoms with E-state index >= 15 is 0 Å². The number of ether oxygens (including phenoxy) is 2. The van der Waals surface area contributed by atoms with Crippen LogP contribution in [0.2, 0.25) is 0 Å². The van der Waals surface area contributed by atoms with E-state index in [2.05, 4.69) is 20.9 Å². The summed E-state index contributed by atoms with van der Waals surface area (Å²) in [6.45, 7) is 3.78. The first-order chi connectivity index (χ1) is 21.7. The molecule has 0 aliphatic heterocycles. The molecule has 1 aromatic heterocycles. The van der Waals surface area contributed by atoms with Crippen LogP contribution in [0.3, 0.4) is 0 Å². The zero-order valence-corrected chi connectivity index (χ0v) is 26.5. The van der Waals surface area contributed by atoms with Gasteiger partial charge in [0, 0.05) is 21.5 Å². The maximum atomic E-state index is 13.4. The summed E-state index contributed by atoms with van der Waals surface area (Å²) in [7, 11) is 1.56. The van der Waals surface area contributed by atoms with Crippen LogP contribution in [0, 0.1) is 0 Å². The van der Waals surface area contributed by atoms with E-state index in [-0.39, 0.29) is 24.0 Å². The number of aromatic nitrogens is 1. The molecule has 0 radical (unpaired) electrons. The Hall–Kier alpha value is -4.94. The number of nitrogens with zero attached hydrogens (tertiary/aromatic N) is 1. The predicted octanol–water partition coefficient (Wildman–Crippen LogP) is 5.79. The van der Waals surface area contributed by atoms with Gasteiger partial charge in [0.15, 0.2) is 5.13 Å². The fraction of sp³-hybridized carbons (Fsp3) is 0.182. The number of hydrogen-bond donors (Lipinski definition) is 3. The molecule has 232 valence electrons. The van der Waals surface area contributed by atoms with Crippen molar-refractivity contribution in [2.75, 3.05) is 24.4 Å². The Kier molecular flexibility index (Phi) is 11.9. The van der Waals surface area contributed by atoms with Gasteiger partial charge in [-0.15, -0.1) is 23.1 Å². The molecular formula is C33H32N4O6S2. The summed E-state index contributed by atoms with van der Waals surface area (Å²) in [5, 5.41) is 9.95. The molecule has 0 aliphatic rings. The van der Waals surface area contributed by atoms with Crippen LogP contribution in [0.4, 0.5) is 10.8 Å². The van der Waals surface area contributed by atoms with Crippen LogP contribution in [-0.4, -0.2) is 47.6 Å². The third-order valence-electron chi connectivity index (χ3n) is 6.14. The average molecular weight is 645 g/mol. The Morgan fingerprint density at radius 3 is 2.44 bits per heavy atom. The van der Waals surface area contributed by atoms with Gasteiger partial charge < -0.3 is 25.4 Å². The number of hydrogen-bond acceptors (Lipinski definition) is 9. The van der Waals surface area contributed by atoms with Gasteiger partial charge in [0.2, 0.25) is 5.91 Å². The number of carbonyl (C=O) groups excluding carboxylic acids is 4. The highest BCUT2D eigenvalue weighted by Crippen LogP contribution is 2.27. The van der Waals surface area contributed by atoms with Crippen molar-refractivity contribution in [3.8, 4) is 5.75 Å². The van der Waals surface area contributed by atoms with E-state index in [1.807, 2.05) is 6.07 Å². The van der Waals surface area contributed by atoms with Crippen molar-refractivity contribution in [3.05, 3.63) is 107 Å². The summed E-state index contributed by atoms with van der Waals surface area (Å²) in [5.41, 5.74) is 2.15. The highest BCUT2D eigenvalue weighted by atomic mass is 32.2. The van der Waals surface area contributed by atoms with Crippen molar-refractivity contribution >= 4 is 63.7 Å². The second-order valence-electron chi connectivity index (χ2n) is 9.51. The molecule has 3 aromatic carbocycles. The Balaban J connectivity index is 1.42. The molecule has 1 unspecified atom stereocenters. The minimum absolute atomic E-state index is 0.0377. The van der Waals surface area contributed by atoms with Gasteiger partial charge in [-0.3, -0.25) is 19.2 Å². The lowest BCUT2D eigenvalue weighted by atomic mass is 10.1. The molecule has 10 nitrogen and oxygen atoms in total. The Labute approximate surface area is 269 Å². The molecule has 1 heterocycles. The van der Waals surface area contributed by atoms with E-state index in [0.717, 1.165) is 4.90 Å². The van der Waals surface area contributed by atoms with Gasteiger partial charge in [-0.1, -0.05) is 36.4 Å². The largest absolute Gasteiger partial charge is 0.497 e. The highest BCUT2D eigenvalue weighted by Gasteiger charge is 2.19. The van der Waals surface area contributed by atoms with Gasteiger partial charge >= 0.3 is 5.97 Å². The standard InChI is InChI=1S/C33H32N4O6S2/c1-4-43-29(38)19-25-20-44-33(35-25)37-30(39)21(2)45-27-12-8-11-24(18-27)34-32(41)28(17-22-13-15-26(42-3)16-14-22)36-31(40)23-9-6-5-7-10-23/h5-18,20-21H,4,19H2,1-3H3,(H,34,41)(H,36,40)(H,35,37,39)/b28-17+. The van der Waals surface area contributed by atoms with Gasteiger partial charge in [-0.25, -0.2) is 4.98 Å². The molecule has 3 amide bonds. The zero-order valence-electron chi connectivity index (χ0n) is 24.9. The molecular weight excluding hydrogens is 613 g/mol. The molecule has 45 heavy (non-hydrogen) atoms. The zero-order chi connectivity index (χ0) is 32.2. The topological polar surface area (TPSA) is 136 Å². The third-order valence-corrected chi connectivity index (χ3v) is 8.04. The van der Waals surface area contributed by atoms with E-state index in [4.69, 9.17) is 9.47 Å². The first kappa shape index (κ1) is 33.0.